The fourth-order valence-electron chi connectivity index (χ4n) is 1.64. The molecule has 1 aliphatic rings. The van der Waals surface area contributed by atoms with Gasteiger partial charge in [0.2, 0.25) is 5.91 Å². The van der Waals surface area contributed by atoms with Gasteiger partial charge in [-0.15, -0.1) is 0 Å². The fraction of sp³-hybridized carbons (Fsp3) is 0.778. The van der Waals surface area contributed by atoms with Crippen LogP contribution >= 0.6 is 0 Å². The summed E-state index contributed by atoms with van der Waals surface area (Å²) in [6, 6.07) is 0. The highest BCUT2D eigenvalue weighted by Crippen LogP contribution is 2.16. The van der Waals surface area contributed by atoms with Crippen LogP contribution < -0.4 is 5.73 Å². The largest absolute Gasteiger partial charge is 0.390 e. The Bertz CT molecular complexity index is 203. The molecule has 2 N–H and O–H groups in total. The molecule has 1 fully saturated rings. The van der Waals surface area contributed by atoms with Crippen LogP contribution in [0.2, 0.25) is 0 Å². The summed E-state index contributed by atoms with van der Waals surface area (Å²) in [6.07, 6.45) is 3.00. The summed E-state index contributed by atoms with van der Waals surface area (Å²) < 4.78 is 0. The summed E-state index contributed by atoms with van der Waals surface area (Å²) in [5.74, 6) is 0.759. The third-order valence-electron chi connectivity index (χ3n) is 2.41. The summed E-state index contributed by atoms with van der Waals surface area (Å²) >= 11 is 0. The summed E-state index contributed by atoms with van der Waals surface area (Å²) in [4.78, 5) is 17.2. The third kappa shape index (κ3) is 2.72. The average molecular weight is 183 g/mol. The van der Waals surface area contributed by atoms with Crippen molar-refractivity contribution in [3.8, 4) is 0 Å². The molecule has 1 unspecified atom stereocenters. The first kappa shape index (κ1) is 10.0. The van der Waals surface area contributed by atoms with Crippen molar-refractivity contribution < 1.29 is 4.79 Å². The number of nitrogens with two attached hydrogens (primary N) is 1. The minimum absolute atomic E-state index is 0.249. The number of carbonyl (C=O) groups is 1. The number of rotatable bonds is 3. The van der Waals surface area contributed by atoms with Crippen molar-refractivity contribution in [2.45, 2.75) is 19.8 Å². The van der Waals surface area contributed by atoms with E-state index in [1.165, 1.54) is 6.34 Å². The van der Waals surface area contributed by atoms with Crippen molar-refractivity contribution in [2.24, 2.45) is 16.6 Å². The Morgan fingerprint density at radius 1 is 1.77 bits per heavy atom. The van der Waals surface area contributed by atoms with Gasteiger partial charge in [-0.1, -0.05) is 6.92 Å². The van der Waals surface area contributed by atoms with Crippen molar-refractivity contribution in [3.63, 3.8) is 0 Å². The molecule has 1 aliphatic heterocycles. The van der Waals surface area contributed by atoms with E-state index in [4.69, 9.17) is 5.73 Å². The lowest BCUT2D eigenvalue weighted by Crippen LogP contribution is -2.28. The molecule has 0 radical (unpaired) electrons. The summed E-state index contributed by atoms with van der Waals surface area (Å²) in [5.41, 5.74) is 5.16. The number of hydrogen-bond donors (Lipinski definition) is 1. The molecule has 1 rings (SSSR count). The number of hydrogen-bond acceptors (Lipinski definition) is 2. The maximum absolute atomic E-state index is 11.3. The SMILES string of the molecule is CCC(=O)N1CCC(CN=CN)C1. The molecule has 1 atom stereocenters. The summed E-state index contributed by atoms with van der Waals surface area (Å²) in [6.45, 7) is 4.39. The van der Waals surface area contributed by atoms with E-state index in [2.05, 4.69) is 4.99 Å². The van der Waals surface area contributed by atoms with Gasteiger partial charge in [-0.05, 0) is 12.3 Å². The number of likely N-dealkylation sites (tertiary alicyclic amines) is 1. The second kappa shape index (κ2) is 4.84. The van der Waals surface area contributed by atoms with Crippen LogP contribution in [0.5, 0.6) is 0 Å². The predicted molar refractivity (Wildman–Crippen MR) is 52.5 cm³/mol. The lowest BCUT2D eigenvalue weighted by molar-refractivity contribution is -0.129. The lowest BCUT2D eigenvalue weighted by Gasteiger charge is -2.14. The summed E-state index contributed by atoms with van der Waals surface area (Å²) in [7, 11) is 0. The highest BCUT2D eigenvalue weighted by molar-refractivity contribution is 5.76. The van der Waals surface area contributed by atoms with Gasteiger partial charge in [0, 0.05) is 26.1 Å². The molecule has 1 saturated heterocycles. The Morgan fingerprint density at radius 3 is 3.15 bits per heavy atom. The zero-order valence-electron chi connectivity index (χ0n) is 8.07. The van der Waals surface area contributed by atoms with E-state index in [-0.39, 0.29) is 5.91 Å². The predicted octanol–water partition coefficient (Wildman–Crippen LogP) is 0.232. The van der Waals surface area contributed by atoms with E-state index in [9.17, 15) is 4.79 Å². The standard InChI is InChI=1S/C9H17N3O/c1-2-9(13)12-4-3-8(6-12)5-11-7-10/h7-8H,2-6H2,1H3,(H2,10,11). The highest BCUT2D eigenvalue weighted by Gasteiger charge is 2.24. The third-order valence-corrected chi connectivity index (χ3v) is 2.41. The first-order valence-electron chi connectivity index (χ1n) is 4.75. The molecule has 4 heteroatoms. The fourth-order valence-corrected chi connectivity index (χ4v) is 1.64. The van der Waals surface area contributed by atoms with Gasteiger partial charge in [-0.25, -0.2) is 0 Å². The van der Waals surface area contributed by atoms with Gasteiger partial charge < -0.3 is 10.6 Å². The topological polar surface area (TPSA) is 58.7 Å². The molecule has 0 aliphatic carbocycles. The molecule has 0 saturated carbocycles. The van der Waals surface area contributed by atoms with E-state index in [0.717, 1.165) is 26.1 Å². The van der Waals surface area contributed by atoms with E-state index >= 15 is 0 Å². The van der Waals surface area contributed by atoms with Gasteiger partial charge >= 0.3 is 0 Å². The van der Waals surface area contributed by atoms with Crippen LogP contribution in [0.3, 0.4) is 0 Å². The summed E-state index contributed by atoms with van der Waals surface area (Å²) in [5, 5.41) is 0. The number of nitrogens with zero attached hydrogens (tertiary/aromatic N) is 2. The number of aliphatic imine (C=N–C) groups is 1. The highest BCUT2D eigenvalue weighted by atomic mass is 16.2. The van der Waals surface area contributed by atoms with Gasteiger partial charge in [0.25, 0.3) is 0 Å². The molecular weight excluding hydrogens is 166 g/mol. The molecule has 4 nitrogen and oxygen atoms in total. The van der Waals surface area contributed by atoms with E-state index in [0.29, 0.717) is 12.3 Å². The number of carbonyl (C=O) groups excluding carboxylic acids is 1. The molecule has 0 bridgehead atoms. The maximum atomic E-state index is 11.3. The van der Waals surface area contributed by atoms with Gasteiger partial charge in [0.15, 0.2) is 0 Å². The monoisotopic (exact) mass is 183 g/mol. The molecule has 0 aromatic heterocycles. The lowest BCUT2D eigenvalue weighted by atomic mass is 10.1. The van der Waals surface area contributed by atoms with Gasteiger partial charge in [-0.2, -0.15) is 0 Å². The zero-order chi connectivity index (χ0) is 9.68. The zero-order valence-corrected chi connectivity index (χ0v) is 8.07. The van der Waals surface area contributed by atoms with E-state index in [1.54, 1.807) is 0 Å². The van der Waals surface area contributed by atoms with Crippen LogP contribution in [-0.4, -0.2) is 36.8 Å². The van der Waals surface area contributed by atoms with Crippen LogP contribution in [0.1, 0.15) is 19.8 Å². The number of amides is 1. The second-order valence-electron chi connectivity index (χ2n) is 3.36. The van der Waals surface area contributed by atoms with Crippen LogP contribution in [0, 0.1) is 5.92 Å². The Balaban J connectivity index is 2.31. The molecule has 13 heavy (non-hydrogen) atoms. The van der Waals surface area contributed by atoms with Crippen molar-refractivity contribution in [2.75, 3.05) is 19.6 Å². The van der Waals surface area contributed by atoms with Crippen LogP contribution in [0.15, 0.2) is 4.99 Å². The Hall–Kier alpha value is -1.06. The first-order chi connectivity index (χ1) is 6.27. The first-order valence-corrected chi connectivity index (χ1v) is 4.75. The van der Waals surface area contributed by atoms with E-state index in [1.807, 2.05) is 11.8 Å². The van der Waals surface area contributed by atoms with Crippen LogP contribution in [0.4, 0.5) is 0 Å². The van der Waals surface area contributed by atoms with Gasteiger partial charge in [0.05, 0.1) is 6.34 Å². The molecule has 74 valence electrons. The Labute approximate surface area is 78.8 Å². The maximum Gasteiger partial charge on any atom is 0.222 e. The average Bonchev–Trinajstić information content (AvgIpc) is 2.62. The van der Waals surface area contributed by atoms with E-state index < -0.39 is 0 Å². The molecule has 0 spiro atoms. The van der Waals surface area contributed by atoms with Gasteiger partial charge in [0.1, 0.15) is 0 Å². The molecule has 1 amide bonds. The minimum Gasteiger partial charge on any atom is -0.390 e. The quantitative estimate of drug-likeness (QED) is 0.503. The molecule has 1 heterocycles. The van der Waals surface area contributed by atoms with Crippen molar-refractivity contribution in [1.82, 2.24) is 4.90 Å². The molecule has 0 aromatic carbocycles. The second-order valence-corrected chi connectivity index (χ2v) is 3.36. The molecular formula is C9H17N3O. The molecule has 0 aromatic rings. The Kier molecular flexibility index (Phi) is 3.73. The van der Waals surface area contributed by atoms with Crippen molar-refractivity contribution in [3.05, 3.63) is 0 Å². The van der Waals surface area contributed by atoms with Crippen LogP contribution in [0.25, 0.3) is 0 Å². The van der Waals surface area contributed by atoms with Crippen molar-refractivity contribution in [1.29, 1.82) is 0 Å². The van der Waals surface area contributed by atoms with Crippen molar-refractivity contribution >= 4 is 12.2 Å². The Morgan fingerprint density at radius 2 is 2.54 bits per heavy atom. The van der Waals surface area contributed by atoms with Gasteiger partial charge in [-0.3, -0.25) is 9.79 Å². The minimum atomic E-state index is 0.249. The smallest absolute Gasteiger partial charge is 0.222 e. The van der Waals surface area contributed by atoms with Crippen LogP contribution in [-0.2, 0) is 4.79 Å². The normalized spacial score (nSPS) is 22.8.